The number of aliphatic hydroxyl groups is 2. The van der Waals surface area contributed by atoms with Gasteiger partial charge in [-0.2, -0.15) is 0 Å². The Balaban J connectivity index is 3.32. The Kier molecular flexibility index (Phi) is 75.8. The van der Waals surface area contributed by atoms with E-state index < -0.39 is 12.1 Å². The highest BCUT2D eigenvalue weighted by atomic mass is 16.5. The smallest absolute Gasteiger partial charge is 0.305 e. The third-order valence-corrected chi connectivity index (χ3v) is 19.3. The Hall–Kier alpha value is -1.40. The lowest BCUT2D eigenvalue weighted by Gasteiger charge is -2.22. The number of carbonyl (C=O) groups excluding carboxylic acids is 2. The van der Waals surface area contributed by atoms with Crippen molar-refractivity contribution in [2.75, 3.05) is 13.2 Å². The van der Waals surface area contributed by atoms with Crippen molar-refractivity contribution in [1.82, 2.24) is 5.32 Å². The van der Waals surface area contributed by atoms with Crippen LogP contribution in [0.3, 0.4) is 0 Å². The molecular formula is C81H159NO5. The van der Waals surface area contributed by atoms with E-state index in [1.165, 1.54) is 398 Å². The molecule has 0 heterocycles. The molecule has 1 amide bonds. The third-order valence-electron chi connectivity index (χ3n) is 19.3. The topological polar surface area (TPSA) is 95.9 Å². The number of hydrogen-bond acceptors (Lipinski definition) is 5. The van der Waals surface area contributed by atoms with Gasteiger partial charge in [0.1, 0.15) is 0 Å². The number of nitrogens with one attached hydrogen (secondary N) is 1. The SMILES string of the molecule is CCCCCCCCC/C=C\CCCCCCCCCC(=O)OCCCCCCCCCCCCCCCCCCCCCCCCCCCCCCCCCC(=O)NC(CO)C(O)CCCCCCCCCCCCCCCCCCCCCCC. The molecule has 0 fully saturated rings. The van der Waals surface area contributed by atoms with E-state index in [-0.39, 0.29) is 18.5 Å². The lowest BCUT2D eigenvalue weighted by Crippen LogP contribution is -2.45. The average Bonchev–Trinajstić information content (AvgIpc) is 3.52. The van der Waals surface area contributed by atoms with Crippen molar-refractivity contribution in [3.8, 4) is 0 Å². The Morgan fingerprint density at radius 2 is 0.540 bits per heavy atom. The van der Waals surface area contributed by atoms with Crippen LogP contribution in [-0.2, 0) is 14.3 Å². The first-order valence-electron chi connectivity index (χ1n) is 40.4. The van der Waals surface area contributed by atoms with Gasteiger partial charge >= 0.3 is 5.97 Å². The first-order valence-corrected chi connectivity index (χ1v) is 40.4. The molecule has 6 heteroatoms. The zero-order valence-electron chi connectivity index (χ0n) is 59.5. The van der Waals surface area contributed by atoms with Gasteiger partial charge in [0, 0.05) is 12.8 Å². The third kappa shape index (κ3) is 73.5. The molecule has 0 rings (SSSR count). The van der Waals surface area contributed by atoms with Crippen LogP contribution >= 0.6 is 0 Å². The van der Waals surface area contributed by atoms with Gasteiger partial charge in [0.2, 0.25) is 5.91 Å². The minimum absolute atomic E-state index is 0.0192. The number of ether oxygens (including phenoxy) is 1. The van der Waals surface area contributed by atoms with Crippen LogP contribution < -0.4 is 5.32 Å². The van der Waals surface area contributed by atoms with Gasteiger partial charge in [-0.1, -0.05) is 418 Å². The lowest BCUT2D eigenvalue weighted by molar-refractivity contribution is -0.143. The maximum absolute atomic E-state index is 12.6. The zero-order valence-corrected chi connectivity index (χ0v) is 59.5. The number of esters is 1. The highest BCUT2D eigenvalue weighted by Gasteiger charge is 2.20. The van der Waals surface area contributed by atoms with Crippen LogP contribution in [0.15, 0.2) is 12.2 Å². The minimum Gasteiger partial charge on any atom is -0.466 e. The van der Waals surface area contributed by atoms with Crippen LogP contribution in [0.2, 0.25) is 0 Å². The number of carbonyl (C=O) groups is 2. The maximum atomic E-state index is 12.6. The summed E-state index contributed by atoms with van der Waals surface area (Å²) in [6, 6.07) is -0.539. The van der Waals surface area contributed by atoms with Crippen LogP contribution in [0, 0.1) is 0 Å². The van der Waals surface area contributed by atoms with Gasteiger partial charge in [-0.05, 0) is 51.4 Å². The Morgan fingerprint density at radius 1 is 0.310 bits per heavy atom. The van der Waals surface area contributed by atoms with Crippen molar-refractivity contribution in [3.05, 3.63) is 12.2 Å². The fourth-order valence-corrected chi connectivity index (χ4v) is 13.2. The molecule has 87 heavy (non-hydrogen) atoms. The van der Waals surface area contributed by atoms with Crippen molar-refractivity contribution in [2.45, 2.75) is 482 Å². The van der Waals surface area contributed by atoms with Gasteiger partial charge in [0.15, 0.2) is 0 Å². The second-order valence-corrected chi connectivity index (χ2v) is 28.1. The van der Waals surface area contributed by atoms with E-state index in [2.05, 4.69) is 31.3 Å². The van der Waals surface area contributed by atoms with Crippen molar-refractivity contribution < 1.29 is 24.5 Å². The minimum atomic E-state index is -0.662. The summed E-state index contributed by atoms with van der Waals surface area (Å²) in [4.78, 5) is 24.7. The largest absolute Gasteiger partial charge is 0.466 e. The predicted molar refractivity (Wildman–Crippen MR) is 384 cm³/mol. The molecule has 0 aliphatic heterocycles. The van der Waals surface area contributed by atoms with Crippen LogP contribution in [0.1, 0.15) is 470 Å². The van der Waals surface area contributed by atoms with E-state index in [4.69, 9.17) is 4.74 Å². The molecule has 0 radical (unpaired) electrons. The molecule has 0 spiro atoms. The van der Waals surface area contributed by atoms with Gasteiger partial charge in [-0.25, -0.2) is 0 Å². The summed E-state index contributed by atoms with van der Waals surface area (Å²) in [6.45, 7) is 5.01. The second-order valence-electron chi connectivity index (χ2n) is 28.1. The number of aliphatic hydroxyl groups excluding tert-OH is 2. The van der Waals surface area contributed by atoms with Gasteiger partial charge in [-0.3, -0.25) is 9.59 Å². The molecule has 0 aromatic heterocycles. The summed E-state index contributed by atoms with van der Waals surface area (Å²) in [5, 5.41) is 23.5. The summed E-state index contributed by atoms with van der Waals surface area (Å²) in [5.74, 6) is -0.00579. The molecule has 0 aliphatic carbocycles. The number of hydrogen-bond donors (Lipinski definition) is 3. The van der Waals surface area contributed by atoms with Crippen molar-refractivity contribution in [3.63, 3.8) is 0 Å². The van der Waals surface area contributed by atoms with E-state index >= 15 is 0 Å². The number of allylic oxidation sites excluding steroid dienone is 2. The van der Waals surface area contributed by atoms with E-state index in [1.807, 2.05) is 0 Å². The van der Waals surface area contributed by atoms with Gasteiger partial charge < -0.3 is 20.3 Å². The maximum Gasteiger partial charge on any atom is 0.305 e. The van der Waals surface area contributed by atoms with E-state index in [0.717, 1.165) is 38.5 Å². The predicted octanol–water partition coefficient (Wildman–Crippen LogP) is 26.7. The molecule has 0 aromatic carbocycles. The van der Waals surface area contributed by atoms with Gasteiger partial charge in [-0.15, -0.1) is 0 Å². The lowest BCUT2D eigenvalue weighted by atomic mass is 10.0. The van der Waals surface area contributed by atoms with Crippen LogP contribution in [-0.4, -0.2) is 47.4 Å². The molecule has 0 aliphatic rings. The number of rotatable bonds is 77. The van der Waals surface area contributed by atoms with Gasteiger partial charge in [0.05, 0.1) is 25.4 Å². The van der Waals surface area contributed by atoms with E-state index in [0.29, 0.717) is 25.9 Å². The summed E-state index contributed by atoms with van der Waals surface area (Å²) in [7, 11) is 0. The summed E-state index contributed by atoms with van der Waals surface area (Å²) >= 11 is 0. The quantitative estimate of drug-likeness (QED) is 0.0320. The average molecular weight is 1230 g/mol. The first-order chi connectivity index (χ1) is 43.0. The molecule has 2 unspecified atom stereocenters. The Morgan fingerprint density at radius 3 is 0.816 bits per heavy atom. The molecule has 2 atom stereocenters. The Bertz CT molecular complexity index is 1320. The van der Waals surface area contributed by atoms with Crippen molar-refractivity contribution >= 4 is 11.9 Å². The molecular weight excluding hydrogens is 1070 g/mol. The molecule has 0 saturated carbocycles. The van der Waals surface area contributed by atoms with Crippen LogP contribution in [0.5, 0.6) is 0 Å². The van der Waals surface area contributed by atoms with E-state index in [1.54, 1.807) is 0 Å². The van der Waals surface area contributed by atoms with E-state index in [9.17, 15) is 19.8 Å². The molecule has 3 N–H and O–H groups in total. The molecule has 6 nitrogen and oxygen atoms in total. The summed E-state index contributed by atoms with van der Waals surface area (Å²) in [5.41, 5.74) is 0. The highest BCUT2D eigenvalue weighted by molar-refractivity contribution is 5.76. The monoisotopic (exact) mass is 1230 g/mol. The van der Waals surface area contributed by atoms with Crippen LogP contribution in [0.25, 0.3) is 0 Å². The Labute approximate surface area is 546 Å². The first kappa shape index (κ1) is 85.6. The fraction of sp³-hybridized carbons (Fsp3) is 0.951. The fourth-order valence-electron chi connectivity index (χ4n) is 13.2. The zero-order chi connectivity index (χ0) is 62.8. The van der Waals surface area contributed by atoms with Crippen molar-refractivity contribution in [1.29, 1.82) is 0 Å². The normalized spacial score (nSPS) is 12.5. The van der Waals surface area contributed by atoms with Gasteiger partial charge in [0.25, 0.3) is 0 Å². The molecule has 518 valence electrons. The second kappa shape index (κ2) is 77.1. The highest BCUT2D eigenvalue weighted by Crippen LogP contribution is 2.20. The standard InChI is InChI=1S/C81H159NO5/c1-3-5-7-9-11-13-15-17-19-21-23-35-38-41-45-49-53-57-61-65-69-73-79(84)78(77-83)82-80(85)74-70-66-62-58-54-50-46-42-39-36-33-31-29-27-25-24-26-28-30-32-34-37-40-44-48-52-56-60-64-68-72-76-87-81(86)75-71-67-63-59-55-51-47-43-22-20-18-16-14-12-10-8-6-4-2/h20,22,78-79,83-84H,3-19,21,23-77H2,1-2H3,(H,82,85)/b22-20-. The molecule has 0 bridgehead atoms. The molecule has 0 aromatic rings. The summed E-state index contributed by atoms with van der Waals surface area (Å²) < 4.78 is 5.51. The number of unbranched alkanes of at least 4 members (excludes halogenated alkanes) is 64. The summed E-state index contributed by atoms with van der Waals surface area (Å²) in [6.07, 6.45) is 97.4. The van der Waals surface area contributed by atoms with Crippen LogP contribution in [0.4, 0.5) is 0 Å². The molecule has 0 saturated heterocycles. The number of amides is 1. The van der Waals surface area contributed by atoms with Crippen molar-refractivity contribution in [2.24, 2.45) is 0 Å².